The van der Waals surface area contributed by atoms with E-state index < -0.39 is 0 Å². The molecule has 4 rings (SSSR count). The zero-order chi connectivity index (χ0) is 17.4. The molecular formula is C21H15NOS2. The number of hydrogen-bond donors (Lipinski definition) is 0. The van der Waals surface area contributed by atoms with Gasteiger partial charge in [0.2, 0.25) is 0 Å². The van der Waals surface area contributed by atoms with E-state index in [0.29, 0.717) is 9.23 Å². The normalized spacial score (nSPS) is 16.2. The Balaban J connectivity index is 1.75. The van der Waals surface area contributed by atoms with Crippen molar-refractivity contribution < 1.29 is 4.79 Å². The fraction of sp³-hybridized carbons (Fsp3) is 0.0476. The number of hydrogen-bond acceptors (Lipinski definition) is 3. The van der Waals surface area contributed by atoms with Gasteiger partial charge in [0, 0.05) is 5.39 Å². The van der Waals surface area contributed by atoms with Gasteiger partial charge in [-0.1, -0.05) is 90.2 Å². The van der Waals surface area contributed by atoms with E-state index in [0.717, 1.165) is 22.0 Å². The van der Waals surface area contributed by atoms with Crippen molar-refractivity contribution >= 4 is 56.7 Å². The van der Waals surface area contributed by atoms with E-state index in [1.54, 1.807) is 4.90 Å². The highest BCUT2D eigenvalue weighted by Gasteiger charge is 2.34. The molecule has 3 aromatic carbocycles. The van der Waals surface area contributed by atoms with Crippen LogP contribution in [0.15, 0.2) is 71.6 Å². The Morgan fingerprint density at radius 1 is 0.960 bits per heavy atom. The number of carbonyl (C=O) groups is 1. The first-order valence-corrected chi connectivity index (χ1v) is 9.18. The van der Waals surface area contributed by atoms with Gasteiger partial charge in [0.15, 0.2) is 4.32 Å². The number of fused-ring (bicyclic) bond motifs is 1. The highest BCUT2D eigenvalue weighted by atomic mass is 32.2. The molecule has 1 aliphatic heterocycles. The van der Waals surface area contributed by atoms with Crippen LogP contribution in [0.25, 0.3) is 16.8 Å². The molecule has 0 radical (unpaired) electrons. The number of carbonyl (C=O) groups excluding carboxylic acids is 1. The van der Waals surface area contributed by atoms with Gasteiger partial charge in [-0.05, 0) is 30.0 Å². The average molecular weight is 361 g/mol. The van der Waals surface area contributed by atoms with E-state index in [1.165, 1.54) is 17.3 Å². The first-order valence-electron chi connectivity index (χ1n) is 7.96. The molecule has 0 N–H and O–H groups in total. The van der Waals surface area contributed by atoms with Crippen molar-refractivity contribution in [2.45, 2.75) is 6.92 Å². The molecule has 122 valence electrons. The van der Waals surface area contributed by atoms with Crippen LogP contribution >= 0.6 is 24.0 Å². The number of nitrogens with zero attached hydrogens (tertiary/aromatic N) is 1. The standard InChI is InChI=1S/C21H15NOS2/c1-14-9-11-15(12-10-14)13-19-20(23)22(21(24)25-19)18-8-4-6-16-5-2-3-7-17(16)18/h2-13H,1H3/b19-13-. The van der Waals surface area contributed by atoms with Crippen LogP contribution in [0.3, 0.4) is 0 Å². The van der Waals surface area contributed by atoms with E-state index in [2.05, 4.69) is 0 Å². The second kappa shape index (κ2) is 6.47. The summed E-state index contributed by atoms with van der Waals surface area (Å²) in [6.07, 6.45) is 1.91. The molecule has 0 aliphatic carbocycles. The van der Waals surface area contributed by atoms with Gasteiger partial charge >= 0.3 is 0 Å². The zero-order valence-electron chi connectivity index (χ0n) is 13.6. The highest BCUT2D eigenvalue weighted by Crippen LogP contribution is 2.38. The molecule has 1 amide bonds. The predicted octanol–water partition coefficient (Wildman–Crippen LogP) is 5.55. The maximum Gasteiger partial charge on any atom is 0.270 e. The summed E-state index contributed by atoms with van der Waals surface area (Å²) < 4.78 is 0.569. The lowest BCUT2D eigenvalue weighted by atomic mass is 10.1. The molecular weight excluding hydrogens is 346 g/mol. The predicted molar refractivity (Wildman–Crippen MR) is 111 cm³/mol. The van der Waals surface area contributed by atoms with Crippen LogP contribution in [0.4, 0.5) is 5.69 Å². The van der Waals surface area contributed by atoms with Gasteiger partial charge in [0.1, 0.15) is 0 Å². The molecule has 25 heavy (non-hydrogen) atoms. The minimum absolute atomic E-state index is 0.0630. The summed E-state index contributed by atoms with van der Waals surface area (Å²) in [5.74, 6) is -0.0630. The summed E-state index contributed by atoms with van der Waals surface area (Å²) in [6, 6.07) is 22.1. The molecule has 0 spiro atoms. The van der Waals surface area contributed by atoms with Crippen molar-refractivity contribution in [2.75, 3.05) is 4.90 Å². The molecule has 1 saturated heterocycles. The number of anilines is 1. The van der Waals surface area contributed by atoms with Crippen LogP contribution in [0.1, 0.15) is 11.1 Å². The Hall–Kier alpha value is -2.43. The minimum Gasteiger partial charge on any atom is -0.268 e. The van der Waals surface area contributed by atoms with E-state index >= 15 is 0 Å². The Morgan fingerprint density at radius 2 is 1.68 bits per heavy atom. The van der Waals surface area contributed by atoms with Gasteiger partial charge in [-0.3, -0.25) is 9.69 Å². The maximum atomic E-state index is 13.0. The lowest BCUT2D eigenvalue weighted by Gasteiger charge is -2.17. The third-order valence-corrected chi connectivity index (χ3v) is 5.48. The van der Waals surface area contributed by atoms with Crippen LogP contribution in [0.5, 0.6) is 0 Å². The Kier molecular flexibility index (Phi) is 4.15. The summed E-state index contributed by atoms with van der Waals surface area (Å²) in [5, 5.41) is 2.12. The summed E-state index contributed by atoms with van der Waals surface area (Å²) in [7, 11) is 0. The topological polar surface area (TPSA) is 20.3 Å². The Bertz CT molecular complexity index is 1020. The van der Waals surface area contributed by atoms with E-state index in [4.69, 9.17) is 12.2 Å². The van der Waals surface area contributed by atoms with Crippen molar-refractivity contribution in [3.63, 3.8) is 0 Å². The minimum atomic E-state index is -0.0630. The number of benzene rings is 3. The summed E-state index contributed by atoms with van der Waals surface area (Å²) >= 11 is 6.86. The summed E-state index contributed by atoms with van der Waals surface area (Å²) in [5.41, 5.74) is 3.04. The van der Waals surface area contributed by atoms with E-state index in [-0.39, 0.29) is 5.91 Å². The lowest BCUT2D eigenvalue weighted by molar-refractivity contribution is -0.113. The average Bonchev–Trinajstić information content (AvgIpc) is 2.90. The number of thiocarbonyl (C=S) groups is 1. The summed E-state index contributed by atoms with van der Waals surface area (Å²) in [4.78, 5) is 15.3. The molecule has 1 heterocycles. The van der Waals surface area contributed by atoms with Crippen LogP contribution in [-0.2, 0) is 4.79 Å². The second-order valence-electron chi connectivity index (χ2n) is 5.93. The van der Waals surface area contributed by atoms with Gasteiger partial charge in [-0.25, -0.2) is 0 Å². The van der Waals surface area contributed by atoms with Gasteiger partial charge in [-0.15, -0.1) is 0 Å². The number of aryl methyl sites for hydroxylation is 1. The van der Waals surface area contributed by atoms with Crippen molar-refractivity contribution in [2.24, 2.45) is 0 Å². The zero-order valence-corrected chi connectivity index (χ0v) is 15.2. The SMILES string of the molecule is Cc1ccc(/C=C2\SC(=S)N(c3cccc4ccccc34)C2=O)cc1. The molecule has 0 bridgehead atoms. The first-order chi connectivity index (χ1) is 12.1. The number of amides is 1. The number of thioether (sulfide) groups is 1. The summed E-state index contributed by atoms with van der Waals surface area (Å²) in [6.45, 7) is 2.05. The van der Waals surface area contributed by atoms with E-state index in [9.17, 15) is 4.79 Å². The molecule has 4 heteroatoms. The molecule has 0 atom stereocenters. The maximum absolute atomic E-state index is 13.0. The Morgan fingerprint density at radius 3 is 2.48 bits per heavy atom. The van der Waals surface area contributed by atoms with Crippen molar-refractivity contribution in [3.05, 3.63) is 82.8 Å². The van der Waals surface area contributed by atoms with Crippen LogP contribution in [-0.4, -0.2) is 10.2 Å². The molecule has 2 nitrogen and oxygen atoms in total. The van der Waals surface area contributed by atoms with Crippen LogP contribution < -0.4 is 4.90 Å². The first kappa shape index (κ1) is 16.1. The van der Waals surface area contributed by atoms with Gasteiger partial charge in [0.25, 0.3) is 5.91 Å². The molecule has 0 aromatic heterocycles. The van der Waals surface area contributed by atoms with Crippen molar-refractivity contribution in [1.82, 2.24) is 0 Å². The van der Waals surface area contributed by atoms with Crippen molar-refractivity contribution in [1.29, 1.82) is 0 Å². The quantitative estimate of drug-likeness (QED) is 0.441. The molecule has 1 fully saturated rings. The van der Waals surface area contributed by atoms with Crippen LogP contribution in [0.2, 0.25) is 0 Å². The van der Waals surface area contributed by atoms with Crippen molar-refractivity contribution in [3.8, 4) is 0 Å². The third-order valence-electron chi connectivity index (χ3n) is 4.18. The third kappa shape index (κ3) is 2.99. The van der Waals surface area contributed by atoms with E-state index in [1.807, 2.05) is 79.7 Å². The highest BCUT2D eigenvalue weighted by molar-refractivity contribution is 8.27. The lowest BCUT2D eigenvalue weighted by Crippen LogP contribution is -2.27. The second-order valence-corrected chi connectivity index (χ2v) is 7.60. The fourth-order valence-electron chi connectivity index (χ4n) is 2.89. The molecule has 1 aliphatic rings. The number of rotatable bonds is 2. The van der Waals surface area contributed by atoms with Crippen LogP contribution in [0, 0.1) is 6.92 Å². The largest absolute Gasteiger partial charge is 0.270 e. The fourth-order valence-corrected chi connectivity index (χ4v) is 4.18. The van der Waals surface area contributed by atoms with Gasteiger partial charge < -0.3 is 0 Å². The van der Waals surface area contributed by atoms with Gasteiger partial charge in [0.05, 0.1) is 10.6 Å². The molecule has 0 unspecified atom stereocenters. The smallest absolute Gasteiger partial charge is 0.268 e. The van der Waals surface area contributed by atoms with Gasteiger partial charge in [-0.2, -0.15) is 0 Å². The molecule has 3 aromatic rings. The monoisotopic (exact) mass is 361 g/mol. The molecule has 0 saturated carbocycles. The Labute approximate surface area is 156 Å².